The molecule has 0 spiro atoms. The number of aromatic hydroxyl groups is 1. The lowest BCUT2D eigenvalue weighted by Gasteiger charge is -2.20. The highest BCUT2D eigenvalue weighted by Gasteiger charge is 2.72. The first-order valence-electron chi connectivity index (χ1n) is 5.61. The van der Waals surface area contributed by atoms with E-state index in [0.29, 0.717) is 5.69 Å². The van der Waals surface area contributed by atoms with Crippen molar-refractivity contribution in [2.45, 2.75) is 13.8 Å². The van der Waals surface area contributed by atoms with Gasteiger partial charge in [-0.15, -0.1) is 0 Å². The van der Waals surface area contributed by atoms with Crippen LogP contribution in [0.4, 0.5) is 5.69 Å². The second-order valence-corrected chi connectivity index (χ2v) is 5.31. The molecule has 1 aromatic rings. The summed E-state index contributed by atoms with van der Waals surface area (Å²) in [7, 11) is 0. The number of phenols is 1. The van der Waals surface area contributed by atoms with Crippen LogP contribution >= 0.6 is 0 Å². The molecular formula is C13H13NO3. The Balaban J connectivity index is 1.98. The van der Waals surface area contributed by atoms with E-state index in [2.05, 4.69) is 0 Å². The smallest absolute Gasteiger partial charge is 0.238 e. The molecule has 17 heavy (non-hydrogen) atoms. The number of carbonyl (C=O) groups is 2. The van der Waals surface area contributed by atoms with Crippen LogP contribution in [0.3, 0.4) is 0 Å². The van der Waals surface area contributed by atoms with Gasteiger partial charge in [0.25, 0.3) is 0 Å². The maximum Gasteiger partial charge on any atom is 0.238 e. The van der Waals surface area contributed by atoms with Crippen LogP contribution in [-0.4, -0.2) is 16.9 Å². The Hall–Kier alpha value is -1.84. The van der Waals surface area contributed by atoms with Gasteiger partial charge in [-0.2, -0.15) is 0 Å². The number of rotatable bonds is 1. The molecule has 1 aliphatic carbocycles. The van der Waals surface area contributed by atoms with Gasteiger partial charge < -0.3 is 5.11 Å². The minimum Gasteiger partial charge on any atom is -0.508 e. The van der Waals surface area contributed by atoms with E-state index < -0.39 is 0 Å². The molecule has 0 bridgehead atoms. The van der Waals surface area contributed by atoms with Crippen molar-refractivity contribution in [2.75, 3.05) is 4.90 Å². The molecule has 2 fully saturated rings. The van der Waals surface area contributed by atoms with Gasteiger partial charge in [-0.25, -0.2) is 4.90 Å². The molecule has 1 heterocycles. The third kappa shape index (κ3) is 1.18. The Morgan fingerprint density at radius 2 is 1.76 bits per heavy atom. The van der Waals surface area contributed by atoms with Crippen LogP contribution in [0.25, 0.3) is 0 Å². The molecule has 1 aromatic carbocycles. The molecule has 0 aromatic heterocycles. The van der Waals surface area contributed by atoms with E-state index in [-0.39, 0.29) is 34.8 Å². The molecule has 2 amide bonds. The molecule has 2 aliphatic rings. The first-order chi connectivity index (χ1) is 7.94. The van der Waals surface area contributed by atoms with E-state index in [1.165, 1.54) is 17.0 Å². The summed E-state index contributed by atoms with van der Waals surface area (Å²) in [4.78, 5) is 25.4. The predicted molar refractivity (Wildman–Crippen MR) is 61.4 cm³/mol. The normalized spacial score (nSPS) is 29.4. The number of anilines is 1. The van der Waals surface area contributed by atoms with Gasteiger partial charge in [0.05, 0.1) is 17.5 Å². The summed E-state index contributed by atoms with van der Waals surface area (Å²) < 4.78 is 0. The largest absolute Gasteiger partial charge is 0.508 e. The monoisotopic (exact) mass is 231 g/mol. The van der Waals surface area contributed by atoms with E-state index in [1.807, 2.05) is 13.8 Å². The number of imide groups is 1. The van der Waals surface area contributed by atoms with Crippen molar-refractivity contribution in [3.8, 4) is 5.75 Å². The number of nitrogens with zero attached hydrogens (tertiary/aromatic N) is 1. The van der Waals surface area contributed by atoms with Crippen molar-refractivity contribution in [1.29, 1.82) is 0 Å². The Morgan fingerprint density at radius 3 is 2.29 bits per heavy atom. The van der Waals surface area contributed by atoms with Crippen LogP contribution < -0.4 is 4.90 Å². The van der Waals surface area contributed by atoms with Crippen molar-refractivity contribution < 1.29 is 14.7 Å². The third-order valence-corrected chi connectivity index (χ3v) is 3.89. The fraction of sp³-hybridized carbons (Fsp3) is 0.385. The molecule has 1 saturated carbocycles. The molecular weight excluding hydrogens is 218 g/mol. The van der Waals surface area contributed by atoms with Crippen LogP contribution in [0.1, 0.15) is 13.8 Å². The molecule has 1 saturated heterocycles. The lowest BCUT2D eigenvalue weighted by molar-refractivity contribution is -0.125. The van der Waals surface area contributed by atoms with Crippen molar-refractivity contribution >= 4 is 17.5 Å². The van der Waals surface area contributed by atoms with Crippen molar-refractivity contribution in [2.24, 2.45) is 17.3 Å². The highest BCUT2D eigenvalue weighted by molar-refractivity contribution is 6.25. The minimum atomic E-state index is -0.193. The van der Waals surface area contributed by atoms with Crippen molar-refractivity contribution in [1.82, 2.24) is 0 Å². The van der Waals surface area contributed by atoms with Crippen molar-refractivity contribution in [3.63, 3.8) is 0 Å². The van der Waals surface area contributed by atoms with Gasteiger partial charge in [0.1, 0.15) is 5.75 Å². The number of fused-ring (bicyclic) bond motifs is 1. The zero-order valence-electron chi connectivity index (χ0n) is 9.68. The average Bonchev–Trinajstić information content (AvgIpc) is 2.68. The molecule has 4 nitrogen and oxygen atoms in total. The van der Waals surface area contributed by atoms with E-state index >= 15 is 0 Å². The van der Waals surface area contributed by atoms with Crippen LogP contribution in [0, 0.1) is 17.3 Å². The predicted octanol–water partition coefficient (Wildman–Crippen LogP) is 1.54. The number of hydrogen-bond donors (Lipinski definition) is 1. The van der Waals surface area contributed by atoms with Gasteiger partial charge in [-0.1, -0.05) is 19.9 Å². The summed E-state index contributed by atoms with van der Waals surface area (Å²) in [5, 5.41) is 9.38. The highest BCUT2D eigenvalue weighted by Crippen LogP contribution is 2.63. The summed E-state index contributed by atoms with van der Waals surface area (Å²) in [6.45, 7) is 3.88. The summed E-state index contributed by atoms with van der Waals surface area (Å²) in [6, 6.07) is 6.24. The molecule has 2 atom stereocenters. The van der Waals surface area contributed by atoms with E-state index in [9.17, 15) is 14.7 Å². The summed E-state index contributed by atoms with van der Waals surface area (Å²) in [5.74, 6) is -0.594. The van der Waals surface area contributed by atoms with Gasteiger partial charge >= 0.3 is 0 Å². The summed E-state index contributed by atoms with van der Waals surface area (Å²) in [5.41, 5.74) is 0.268. The zero-order chi connectivity index (χ0) is 12.4. The SMILES string of the molecule is CC1(C)[C@H]2C(=O)N(c3cccc(O)c3)C(=O)[C@@H]21. The first-order valence-corrected chi connectivity index (χ1v) is 5.61. The van der Waals surface area contributed by atoms with Crippen molar-refractivity contribution in [3.05, 3.63) is 24.3 Å². The van der Waals surface area contributed by atoms with Crippen LogP contribution in [0.5, 0.6) is 5.75 Å². The number of benzene rings is 1. The van der Waals surface area contributed by atoms with Crippen LogP contribution in [0.2, 0.25) is 0 Å². The molecule has 3 rings (SSSR count). The van der Waals surface area contributed by atoms with Gasteiger partial charge in [0.15, 0.2) is 0 Å². The number of piperidine rings is 1. The number of phenolic OH excluding ortho intramolecular Hbond substituents is 1. The molecule has 0 unspecified atom stereocenters. The zero-order valence-corrected chi connectivity index (χ0v) is 9.68. The number of carbonyl (C=O) groups excluding carboxylic acids is 2. The molecule has 88 valence electrons. The second kappa shape index (κ2) is 2.88. The van der Waals surface area contributed by atoms with E-state index in [1.54, 1.807) is 12.1 Å². The number of amides is 2. The number of hydrogen-bond acceptors (Lipinski definition) is 3. The Kier molecular flexibility index (Phi) is 1.75. The molecule has 1 aliphatic heterocycles. The van der Waals surface area contributed by atoms with Gasteiger partial charge in [-0.3, -0.25) is 9.59 Å². The molecule has 4 heteroatoms. The standard InChI is InChI=1S/C13H13NO3/c1-13(2)9-10(13)12(17)14(11(9)16)7-4-3-5-8(15)6-7/h3-6,9-10,15H,1-2H3/t9-,10-/m1/s1. The van der Waals surface area contributed by atoms with E-state index in [4.69, 9.17) is 0 Å². The lowest BCUT2D eigenvalue weighted by Crippen LogP contribution is -2.36. The second-order valence-electron chi connectivity index (χ2n) is 5.31. The van der Waals surface area contributed by atoms with Gasteiger partial charge in [0.2, 0.25) is 11.8 Å². The maximum absolute atomic E-state index is 12.1. The summed E-state index contributed by atoms with van der Waals surface area (Å²) in [6.07, 6.45) is 0. The van der Waals surface area contributed by atoms with Crippen LogP contribution in [0.15, 0.2) is 24.3 Å². The van der Waals surface area contributed by atoms with Gasteiger partial charge in [-0.05, 0) is 17.5 Å². The summed E-state index contributed by atoms with van der Waals surface area (Å²) >= 11 is 0. The fourth-order valence-electron chi connectivity index (χ4n) is 2.83. The highest BCUT2D eigenvalue weighted by atomic mass is 16.3. The Labute approximate surface area is 98.9 Å². The Morgan fingerprint density at radius 1 is 1.18 bits per heavy atom. The third-order valence-electron chi connectivity index (χ3n) is 3.89. The maximum atomic E-state index is 12.1. The lowest BCUT2D eigenvalue weighted by atomic mass is 10.1. The van der Waals surface area contributed by atoms with Crippen LogP contribution in [-0.2, 0) is 9.59 Å². The quantitative estimate of drug-likeness (QED) is 0.746. The molecule has 1 N–H and O–H groups in total. The minimum absolute atomic E-state index is 0.0583. The van der Waals surface area contributed by atoms with E-state index in [0.717, 1.165) is 0 Å². The topological polar surface area (TPSA) is 57.6 Å². The Bertz CT molecular complexity index is 511. The van der Waals surface area contributed by atoms with Gasteiger partial charge in [0, 0.05) is 6.07 Å². The molecule has 0 radical (unpaired) electrons. The average molecular weight is 231 g/mol. The first kappa shape index (κ1) is 10.3. The fourth-order valence-corrected chi connectivity index (χ4v) is 2.83.